The van der Waals surface area contributed by atoms with Gasteiger partial charge in [0.25, 0.3) is 0 Å². The minimum atomic E-state index is 0.303. The van der Waals surface area contributed by atoms with Crippen LogP contribution in [0.2, 0.25) is 0 Å². The van der Waals surface area contributed by atoms with Gasteiger partial charge in [0.2, 0.25) is 0 Å². The van der Waals surface area contributed by atoms with Crippen LogP contribution in [0.25, 0.3) is 0 Å². The van der Waals surface area contributed by atoms with E-state index < -0.39 is 0 Å². The van der Waals surface area contributed by atoms with Gasteiger partial charge in [-0.25, -0.2) is 0 Å². The molecule has 0 aromatic rings. The predicted octanol–water partition coefficient (Wildman–Crippen LogP) is 1.93. The molecule has 0 aromatic heterocycles. The minimum absolute atomic E-state index is 0.303. The summed E-state index contributed by atoms with van der Waals surface area (Å²) in [5.74, 6) is 0.876. The first kappa shape index (κ1) is 11.0. The van der Waals surface area contributed by atoms with Gasteiger partial charge in [-0.1, -0.05) is 19.8 Å². The van der Waals surface area contributed by atoms with E-state index in [2.05, 4.69) is 19.2 Å². The van der Waals surface area contributed by atoms with E-state index in [-0.39, 0.29) is 0 Å². The lowest BCUT2D eigenvalue weighted by molar-refractivity contribution is 0.254. The molecule has 0 saturated heterocycles. The van der Waals surface area contributed by atoms with E-state index in [1.807, 2.05) is 0 Å². The number of nitrogens with one attached hydrogen (secondary N) is 1. The maximum absolute atomic E-state index is 8.79. The highest BCUT2D eigenvalue weighted by atomic mass is 16.3. The molecule has 1 rings (SSSR count). The lowest BCUT2D eigenvalue weighted by Gasteiger charge is -2.23. The Morgan fingerprint density at radius 2 is 2.23 bits per heavy atom. The standard InChI is InChI=1S/C11H23NO/c1-3-10-5-4-6-11(10)12-9(2)7-8-13/h9-13H,3-8H2,1-2H3/t9-,10?,11?/m1/s1. The largest absolute Gasteiger partial charge is 0.396 e. The summed E-state index contributed by atoms with van der Waals surface area (Å²) >= 11 is 0. The van der Waals surface area contributed by atoms with Gasteiger partial charge in [-0.05, 0) is 32.1 Å². The van der Waals surface area contributed by atoms with E-state index in [0.29, 0.717) is 18.7 Å². The number of hydrogen-bond acceptors (Lipinski definition) is 2. The van der Waals surface area contributed by atoms with E-state index >= 15 is 0 Å². The molecule has 2 N–H and O–H groups in total. The zero-order valence-electron chi connectivity index (χ0n) is 8.92. The summed E-state index contributed by atoms with van der Waals surface area (Å²) in [6.45, 7) is 4.75. The molecule has 78 valence electrons. The van der Waals surface area contributed by atoms with Gasteiger partial charge in [0.05, 0.1) is 0 Å². The van der Waals surface area contributed by atoms with E-state index in [1.165, 1.54) is 25.7 Å². The van der Waals surface area contributed by atoms with Crippen molar-refractivity contribution in [1.82, 2.24) is 5.32 Å². The van der Waals surface area contributed by atoms with E-state index in [9.17, 15) is 0 Å². The Hall–Kier alpha value is -0.0800. The molecule has 2 nitrogen and oxygen atoms in total. The van der Waals surface area contributed by atoms with Crippen LogP contribution in [0.4, 0.5) is 0 Å². The van der Waals surface area contributed by atoms with Crippen LogP contribution in [0.5, 0.6) is 0 Å². The summed E-state index contributed by atoms with van der Waals surface area (Å²) in [5.41, 5.74) is 0. The first-order valence-corrected chi connectivity index (χ1v) is 5.64. The van der Waals surface area contributed by atoms with Crippen LogP contribution in [-0.4, -0.2) is 23.8 Å². The SMILES string of the molecule is CCC1CCCC1N[C@H](C)CCO. The summed E-state index contributed by atoms with van der Waals surface area (Å²) in [7, 11) is 0. The molecule has 0 aromatic carbocycles. The second kappa shape index (κ2) is 5.61. The number of hydrogen-bond donors (Lipinski definition) is 2. The van der Waals surface area contributed by atoms with Crippen molar-refractivity contribution in [1.29, 1.82) is 0 Å². The number of rotatable bonds is 5. The van der Waals surface area contributed by atoms with Gasteiger partial charge in [-0.15, -0.1) is 0 Å². The molecular weight excluding hydrogens is 162 g/mol. The van der Waals surface area contributed by atoms with Crippen molar-refractivity contribution in [2.24, 2.45) is 5.92 Å². The highest BCUT2D eigenvalue weighted by Crippen LogP contribution is 2.28. The van der Waals surface area contributed by atoms with E-state index in [1.54, 1.807) is 0 Å². The molecule has 0 radical (unpaired) electrons. The Kier molecular flexibility index (Phi) is 4.74. The fourth-order valence-corrected chi connectivity index (χ4v) is 2.39. The van der Waals surface area contributed by atoms with Crippen LogP contribution >= 0.6 is 0 Å². The van der Waals surface area contributed by atoms with Gasteiger partial charge in [-0.2, -0.15) is 0 Å². The third kappa shape index (κ3) is 3.28. The molecule has 0 spiro atoms. The highest BCUT2D eigenvalue weighted by molar-refractivity contribution is 4.83. The van der Waals surface area contributed by atoms with Crippen molar-refractivity contribution < 1.29 is 5.11 Å². The molecule has 13 heavy (non-hydrogen) atoms. The first-order chi connectivity index (χ1) is 6.27. The Labute approximate surface area is 81.7 Å². The average molecular weight is 185 g/mol. The molecule has 2 unspecified atom stereocenters. The zero-order valence-corrected chi connectivity index (χ0v) is 8.92. The van der Waals surface area contributed by atoms with Gasteiger partial charge in [0, 0.05) is 18.7 Å². The van der Waals surface area contributed by atoms with Gasteiger partial charge in [-0.3, -0.25) is 0 Å². The quantitative estimate of drug-likeness (QED) is 0.686. The Balaban J connectivity index is 2.26. The predicted molar refractivity (Wildman–Crippen MR) is 55.7 cm³/mol. The molecule has 1 aliphatic rings. The van der Waals surface area contributed by atoms with Crippen molar-refractivity contribution in [3.05, 3.63) is 0 Å². The first-order valence-electron chi connectivity index (χ1n) is 5.64. The topological polar surface area (TPSA) is 32.3 Å². The number of aliphatic hydroxyl groups is 1. The third-order valence-corrected chi connectivity index (χ3v) is 3.24. The third-order valence-electron chi connectivity index (χ3n) is 3.24. The van der Waals surface area contributed by atoms with Crippen molar-refractivity contribution in [2.45, 2.75) is 58.0 Å². The molecule has 0 aliphatic heterocycles. The summed E-state index contributed by atoms with van der Waals surface area (Å²) in [6, 6.07) is 1.19. The average Bonchev–Trinajstić information content (AvgIpc) is 2.52. The van der Waals surface area contributed by atoms with Crippen molar-refractivity contribution in [3.8, 4) is 0 Å². The summed E-state index contributed by atoms with van der Waals surface area (Å²) in [5, 5.41) is 12.4. The zero-order chi connectivity index (χ0) is 9.68. The Morgan fingerprint density at radius 1 is 1.46 bits per heavy atom. The van der Waals surface area contributed by atoms with Gasteiger partial charge in [0.1, 0.15) is 0 Å². The molecule has 1 fully saturated rings. The lowest BCUT2D eigenvalue weighted by Crippen LogP contribution is -2.39. The van der Waals surface area contributed by atoms with Crippen LogP contribution in [0.1, 0.15) is 46.0 Å². The fraction of sp³-hybridized carbons (Fsp3) is 1.00. The monoisotopic (exact) mass is 185 g/mol. The molecule has 3 atom stereocenters. The van der Waals surface area contributed by atoms with Crippen molar-refractivity contribution >= 4 is 0 Å². The highest BCUT2D eigenvalue weighted by Gasteiger charge is 2.26. The minimum Gasteiger partial charge on any atom is -0.396 e. The van der Waals surface area contributed by atoms with Gasteiger partial charge < -0.3 is 10.4 Å². The second-order valence-electron chi connectivity index (χ2n) is 4.29. The normalized spacial score (nSPS) is 30.7. The molecule has 0 heterocycles. The van der Waals surface area contributed by atoms with Crippen LogP contribution in [0.3, 0.4) is 0 Å². The van der Waals surface area contributed by atoms with Crippen molar-refractivity contribution in [3.63, 3.8) is 0 Å². The summed E-state index contributed by atoms with van der Waals surface area (Å²) in [6.07, 6.45) is 6.27. The second-order valence-corrected chi connectivity index (χ2v) is 4.29. The summed E-state index contributed by atoms with van der Waals surface area (Å²) in [4.78, 5) is 0. The van der Waals surface area contributed by atoms with Crippen LogP contribution in [-0.2, 0) is 0 Å². The lowest BCUT2D eigenvalue weighted by atomic mass is 10.00. The maximum Gasteiger partial charge on any atom is 0.0445 e. The van der Waals surface area contributed by atoms with Crippen molar-refractivity contribution in [2.75, 3.05) is 6.61 Å². The van der Waals surface area contributed by atoms with Crippen LogP contribution in [0.15, 0.2) is 0 Å². The Bertz CT molecular complexity index is 138. The van der Waals surface area contributed by atoms with Crippen LogP contribution < -0.4 is 5.32 Å². The van der Waals surface area contributed by atoms with E-state index in [4.69, 9.17) is 5.11 Å². The molecule has 1 saturated carbocycles. The summed E-state index contributed by atoms with van der Waals surface area (Å²) < 4.78 is 0. The molecule has 0 bridgehead atoms. The number of aliphatic hydroxyl groups excluding tert-OH is 1. The van der Waals surface area contributed by atoms with E-state index in [0.717, 1.165) is 12.3 Å². The molecule has 0 amide bonds. The molecular formula is C11H23NO. The van der Waals surface area contributed by atoms with Crippen LogP contribution in [0, 0.1) is 5.92 Å². The molecule has 2 heteroatoms. The van der Waals surface area contributed by atoms with Gasteiger partial charge in [0.15, 0.2) is 0 Å². The fourth-order valence-electron chi connectivity index (χ4n) is 2.39. The smallest absolute Gasteiger partial charge is 0.0445 e. The molecule has 1 aliphatic carbocycles. The van der Waals surface area contributed by atoms with Gasteiger partial charge >= 0.3 is 0 Å². The Morgan fingerprint density at radius 3 is 2.85 bits per heavy atom. The maximum atomic E-state index is 8.79.